The number of nitrogens with two attached hydrogens (primary N) is 1. The summed E-state index contributed by atoms with van der Waals surface area (Å²) in [4.78, 5) is 0. The van der Waals surface area contributed by atoms with Crippen molar-refractivity contribution in [3.05, 3.63) is 65.0 Å². The highest BCUT2D eigenvalue weighted by Crippen LogP contribution is 2.41. The van der Waals surface area contributed by atoms with Gasteiger partial charge in [0.1, 0.15) is 11.6 Å². The fourth-order valence-corrected chi connectivity index (χ4v) is 2.79. The molecule has 0 fully saturated rings. The predicted octanol–water partition coefficient (Wildman–Crippen LogP) is 2.81. The van der Waals surface area contributed by atoms with Gasteiger partial charge in [-0.3, -0.25) is 11.3 Å². The number of fused-ring (bicyclic) bond motifs is 1. The van der Waals surface area contributed by atoms with E-state index < -0.39 is 0 Å². The number of para-hydroxylation sites is 1. The van der Waals surface area contributed by atoms with Gasteiger partial charge < -0.3 is 4.74 Å². The molecule has 104 valence electrons. The number of benzene rings is 2. The lowest BCUT2D eigenvalue weighted by atomic mass is 9.88. The monoisotopic (exact) mass is 272 g/mol. The van der Waals surface area contributed by atoms with Gasteiger partial charge in [0.25, 0.3) is 0 Å². The Kier molecular flexibility index (Phi) is 3.42. The first-order valence-corrected chi connectivity index (χ1v) is 6.64. The lowest BCUT2D eigenvalue weighted by Gasteiger charge is -2.23. The van der Waals surface area contributed by atoms with Crippen LogP contribution in [0.2, 0.25) is 0 Å². The van der Waals surface area contributed by atoms with Crippen LogP contribution in [0.3, 0.4) is 0 Å². The standard InChI is InChI=1S/C16H17FN2O/c1-10-6-7-14(17)12(8-10)16(19-18)13-9-20-15-5-3-2-4-11(13)15/h2-8,13,16,19H,9,18H2,1H3. The van der Waals surface area contributed by atoms with Crippen LogP contribution in [0.4, 0.5) is 4.39 Å². The highest BCUT2D eigenvalue weighted by Gasteiger charge is 2.33. The molecule has 2 unspecified atom stereocenters. The van der Waals surface area contributed by atoms with E-state index in [0.29, 0.717) is 12.2 Å². The van der Waals surface area contributed by atoms with Crippen molar-refractivity contribution < 1.29 is 9.13 Å². The number of hydrazine groups is 1. The average Bonchev–Trinajstić information content (AvgIpc) is 2.88. The molecule has 2 aromatic rings. The second-order valence-corrected chi connectivity index (χ2v) is 5.12. The van der Waals surface area contributed by atoms with E-state index in [9.17, 15) is 4.39 Å². The number of halogens is 1. The lowest BCUT2D eigenvalue weighted by molar-refractivity contribution is 0.298. The van der Waals surface area contributed by atoms with Crippen LogP contribution in [-0.2, 0) is 0 Å². The summed E-state index contributed by atoms with van der Waals surface area (Å²) in [6, 6.07) is 12.6. The lowest BCUT2D eigenvalue weighted by Crippen LogP contribution is -2.34. The summed E-state index contributed by atoms with van der Waals surface area (Å²) < 4.78 is 19.8. The maximum Gasteiger partial charge on any atom is 0.128 e. The first-order valence-electron chi connectivity index (χ1n) is 6.64. The van der Waals surface area contributed by atoms with Crippen LogP contribution in [0.5, 0.6) is 5.75 Å². The van der Waals surface area contributed by atoms with E-state index in [1.54, 1.807) is 6.07 Å². The quantitative estimate of drug-likeness (QED) is 0.667. The maximum absolute atomic E-state index is 14.1. The van der Waals surface area contributed by atoms with Gasteiger partial charge in [0, 0.05) is 17.0 Å². The van der Waals surface area contributed by atoms with Crippen LogP contribution in [0.1, 0.15) is 28.7 Å². The molecule has 0 radical (unpaired) electrons. The summed E-state index contributed by atoms with van der Waals surface area (Å²) in [5.41, 5.74) is 5.40. The van der Waals surface area contributed by atoms with Crippen LogP contribution in [0, 0.1) is 12.7 Å². The molecule has 1 heterocycles. The van der Waals surface area contributed by atoms with Gasteiger partial charge in [-0.25, -0.2) is 4.39 Å². The number of hydrogen-bond donors (Lipinski definition) is 2. The van der Waals surface area contributed by atoms with Crippen molar-refractivity contribution in [3.8, 4) is 5.75 Å². The molecule has 3 rings (SSSR count). The minimum absolute atomic E-state index is 0.00694. The van der Waals surface area contributed by atoms with E-state index in [0.717, 1.165) is 16.9 Å². The number of nitrogens with one attached hydrogen (secondary N) is 1. The van der Waals surface area contributed by atoms with Crippen LogP contribution in [0.25, 0.3) is 0 Å². The summed E-state index contributed by atoms with van der Waals surface area (Å²) in [5.74, 6) is 6.30. The Hall–Kier alpha value is -1.91. The molecule has 3 N–H and O–H groups in total. The van der Waals surface area contributed by atoms with Crippen molar-refractivity contribution in [2.24, 2.45) is 5.84 Å². The van der Waals surface area contributed by atoms with Gasteiger partial charge in [-0.1, -0.05) is 35.9 Å². The van der Waals surface area contributed by atoms with E-state index in [-0.39, 0.29) is 17.8 Å². The predicted molar refractivity (Wildman–Crippen MR) is 75.9 cm³/mol. The fraction of sp³-hybridized carbons (Fsp3) is 0.250. The van der Waals surface area contributed by atoms with Gasteiger partial charge >= 0.3 is 0 Å². The van der Waals surface area contributed by atoms with Crippen LogP contribution in [-0.4, -0.2) is 6.61 Å². The smallest absolute Gasteiger partial charge is 0.128 e. The molecule has 2 aromatic carbocycles. The molecule has 0 bridgehead atoms. The first kappa shape index (κ1) is 13.1. The third kappa shape index (κ3) is 2.17. The number of aryl methyl sites for hydroxylation is 1. The van der Waals surface area contributed by atoms with Gasteiger partial charge in [-0.15, -0.1) is 0 Å². The molecule has 0 aliphatic carbocycles. The third-order valence-corrected chi connectivity index (χ3v) is 3.81. The van der Waals surface area contributed by atoms with Crippen molar-refractivity contribution in [3.63, 3.8) is 0 Å². The SMILES string of the molecule is Cc1ccc(F)c(C(NN)C2COc3ccccc32)c1. The van der Waals surface area contributed by atoms with Crippen LogP contribution < -0.4 is 16.0 Å². The molecule has 4 heteroatoms. The highest BCUT2D eigenvalue weighted by atomic mass is 19.1. The zero-order valence-electron chi connectivity index (χ0n) is 11.3. The largest absolute Gasteiger partial charge is 0.493 e. The van der Waals surface area contributed by atoms with Crippen LogP contribution in [0.15, 0.2) is 42.5 Å². The molecule has 1 aliphatic rings. The molecular weight excluding hydrogens is 255 g/mol. The van der Waals surface area contributed by atoms with Crippen molar-refractivity contribution >= 4 is 0 Å². The Balaban J connectivity index is 2.01. The summed E-state index contributed by atoms with van der Waals surface area (Å²) in [5, 5.41) is 0. The summed E-state index contributed by atoms with van der Waals surface area (Å²) in [7, 11) is 0. The number of rotatable bonds is 3. The summed E-state index contributed by atoms with van der Waals surface area (Å²) >= 11 is 0. The molecule has 20 heavy (non-hydrogen) atoms. The molecule has 1 aliphatic heterocycles. The molecule has 2 atom stereocenters. The summed E-state index contributed by atoms with van der Waals surface area (Å²) in [6.07, 6.45) is 0. The number of ether oxygens (including phenoxy) is 1. The average molecular weight is 272 g/mol. The Morgan fingerprint density at radius 3 is 2.90 bits per heavy atom. The van der Waals surface area contributed by atoms with Gasteiger partial charge in [-0.05, 0) is 19.1 Å². The van der Waals surface area contributed by atoms with E-state index in [2.05, 4.69) is 5.43 Å². The Morgan fingerprint density at radius 2 is 2.10 bits per heavy atom. The van der Waals surface area contributed by atoms with E-state index in [1.807, 2.05) is 37.3 Å². The Bertz CT molecular complexity index is 630. The van der Waals surface area contributed by atoms with E-state index in [1.165, 1.54) is 6.07 Å². The molecule has 3 nitrogen and oxygen atoms in total. The van der Waals surface area contributed by atoms with Crippen LogP contribution >= 0.6 is 0 Å². The minimum Gasteiger partial charge on any atom is -0.493 e. The van der Waals surface area contributed by atoms with Crippen molar-refractivity contribution in [1.29, 1.82) is 0 Å². The van der Waals surface area contributed by atoms with Crippen molar-refractivity contribution in [2.45, 2.75) is 18.9 Å². The topological polar surface area (TPSA) is 47.3 Å². The zero-order chi connectivity index (χ0) is 14.1. The van der Waals surface area contributed by atoms with Gasteiger partial charge in [0.2, 0.25) is 0 Å². The third-order valence-electron chi connectivity index (χ3n) is 3.81. The molecule has 0 saturated heterocycles. The maximum atomic E-state index is 14.1. The second kappa shape index (κ2) is 5.23. The molecule has 0 aromatic heterocycles. The highest BCUT2D eigenvalue weighted by molar-refractivity contribution is 5.42. The Morgan fingerprint density at radius 1 is 1.30 bits per heavy atom. The molecule has 0 spiro atoms. The van der Waals surface area contributed by atoms with Gasteiger partial charge in [0.15, 0.2) is 0 Å². The normalized spacial score (nSPS) is 18.4. The van der Waals surface area contributed by atoms with Crippen molar-refractivity contribution in [2.75, 3.05) is 6.61 Å². The van der Waals surface area contributed by atoms with E-state index in [4.69, 9.17) is 10.6 Å². The minimum atomic E-state index is -0.307. The molecular formula is C16H17FN2O. The molecule has 0 amide bonds. The molecule has 0 saturated carbocycles. The van der Waals surface area contributed by atoms with Crippen molar-refractivity contribution in [1.82, 2.24) is 5.43 Å². The van der Waals surface area contributed by atoms with Gasteiger partial charge in [0.05, 0.1) is 12.6 Å². The summed E-state index contributed by atoms with van der Waals surface area (Å²) in [6.45, 7) is 2.44. The van der Waals surface area contributed by atoms with Gasteiger partial charge in [-0.2, -0.15) is 0 Å². The van der Waals surface area contributed by atoms with E-state index >= 15 is 0 Å². The Labute approximate surface area is 117 Å². The zero-order valence-corrected chi connectivity index (χ0v) is 11.3. The first-order chi connectivity index (χ1) is 9.70. The number of hydrogen-bond acceptors (Lipinski definition) is 3. The fourth-order valence-electron chi connectivity index (χ4n) is 2.79. The second-order valence-electron chi connectivity index (χ2n) is 5.12.